The van der Waals surface area contributed by atoms with E-state index < -0.39 is 12.7 Å². The molecule has 0 aliphatic carbocycles. The first-order valence-corrected chi connectivity index (χ1v) is 9.94. The normalized spacial score (nSPS) is 16.9. The zero-order chi connectivity index (χ0) is 19.0. The summed E-state index contributed by atoms with van der Waals surface area (Å²) in [6.45, 7) is 3.75. The van der Waals surface area contributed by atoms with E-state index in [9.17, 15) is 13.2 Å². The number of thiazole rings is 1. The average molecular weight is 519 g/mol. The fourth-order valence-corrected chi connectivity index (χ4v) is 3.81. The van der Waals surface area contributed by atoms with Crippen molar-refractivity contribution in [3.63, 3.8) is 0 Å². The highest BCUT2D eigenvalue weighted by molar-refractivity contribution is 14.0. The number of alkyl halides is 3. The lowest BCUT2D eigenvalue weighted by atomic mass is 9.93. The van der Waals surface area contributed by atoms with Crippen molar-refractivity contribution in [3.8, 4) is 0 Å². The quantitative estimate of drug-likeness (QED) is 0.328. The van der Waals surface area contributed by atoms with Gasteiger partial charge in [-0.05, 0) is 44.7 Å². The van der Waals surface area contributed by atoms with Gasteiger partial charge in [-0.3, -0.25) is 9.89 Å². The van der Waals surface area contributed by atoms with Gasteiger partial charge in [-0.15, -0.1) is 35.3 Å². The Balaban J connectivity index is 0.00000364. The van der Waals surface area contributed by atoms with Crippen LogP contribution >= 0.6 is 35.3 Å². The maximum atomic E-state index is 12.4. The van der Waals surface area contributed by atoms with Crippen molar-refractivity contribution in [1.29, 1.82) is 0 Å². The summed E-state index contributed by atoms with van der Waals surface area (Å²) in [7, 11) is 1.73. The van der Waals surface area contributed by atoms with E-state index in [0.717, 1.165) is 48.9 Å². The molecule has 1 aromatic rings. The van der Waals surface area contributed by atoms with E-state index in [0.29, 0.717) is 25.6 Å². The summed E-state index contributed by atoms with van der Waals surface area (Å²) in [6.07, 6.45) is -0.566. The fourth-order valence-electron chi connectivity index (χ4n) is 3.07. The lowest BCUT2D eigenvalue weighted by Crippen LogP contribution is -2.41. The average Bonchev–Trinajstić information content (AvgIpc) is 3.06. The molecule has 10 heteroatoms. The number of hydrogen-bond donors (Lipinski definition) is 2. The summed E-state index contributed by atoms with van der Waals surface area (Å²) >= 11 is 1.66. The van der Waals surface area contributed by atoms with Crippen LogP contribution in [0.2, 0.25) is 0 Å². The molecule has 1 aromatic heterocycles. The van der Waals surface area contributed by atoms with Crippen LogP contribution in [0, 0.1) is 5.92 Å². The summed E-state index contributed by atoms with van der Waals surface area (Å²) in [5, 5.41) is 9.70. The van der Waals surface area contributed by atoms with Gasteiger partial charge in [0, 0.05) is 19.0 Å². The SMILES string of the molecule is CCc1nc(CNC(=NC)NCCC2CCN(CC(F)(F)F)CC2)cs1.I. The lowest BCUT2D eigenvalue weighted by Gasteiger charge is -2.32. The van der Waals surface area contributed by atoms with E-state index in [-0.39, 0.29) is 24.0 Å². The molecule has 0 aromatic carbocycles. The van der Waals surface area contributed by atoms with Crippen molar-refractivity contribution >= 4 is 41.3 Å². The van der Waals surface area contributed by atoms with Gasteiger partial charge in [-0.2, -0.15) is 13.2 Å². The second-order valence-corrected chi connectivity index (χ2v) is 7.50. The molecule has 2 N–H and O–H groups in total. The van der Waals surface area contributed by atoms with E-state index in [4.69, 9.17) is 0 Å². The van der Waals surface area contributed by atoms with Crippen LogP contribution in [0.1, 0.15) is 36.9 Å². The van der Waals surface area contributed by atoms with Crippen LogP contribution in [0.3, 0.4) is 0 Å². The van der Waals surface area contributed by atoms with E-state index in [1.165, 1.54) is 4.90 Å². The van der Waals surface area contributed by atoms with Gasteiger partial charge < -0.3 is 10.6 Å². The molecule has 1 fully saturated rings. The van der Waals surface area contributed by atoms with Gasteiger partial charge in [0.15, 0.2) is 5.96 Å². The molecule has 2 heterocycles. The minimum Gasteiger partial charge on any atom is -0.356 e. The molecular weight excluding hydrogens is 490 g/mol. The van der Waals surface area contributed by atoms with Crippen molar-refractivity contribution in [2.24, 2.45) is 10.9 Å². The zero-order valence-corrected chi connectivity index (χ0v) is 19.0. The molecule has 0 unspecified atom stereocenters. The molecule has 5 nitrogen and oxygen atoms in total. The molecule has 1 aliphatic rings. The number of hydrogen-bond acceptors (Lipinski definition) is 4. The highest BCUT2D eigenvalue weighted by atomic mass is 127. The Labute approximate surface area is 180 Å². The second kappa shape index (κ2) is 12.1. The molecule has 0 spiro atoms. The number of piperidine rings is 1. The fraction of sp³-hybridized carbons (Fsp3) is 0.765. The molecular formula is C17H29F3IN5S. The van der Waals surface area contributed by atoms with Crippen molar-refractivity contribution in [1.82, 2.24) is 20.5 Å². The first-order valence-electron chi connectivity index (χ1n) is 9.06. The van der Waals surface area contributed by atoms with Gasteiger partial charge in [-0.1, -0.05) is 6.92 Å². The molecule has 2 rings (SSSR count). The summed E-state index contributed by atoms with van der Waals surface area (Å²) in [5.74, 6) is 1.20. The molecule has 0 amide bonds. The highest BCUT2D eigenvalue weighted by Gasteiger charge is 2.32. The number of nitrogens with one attached hydrogen (secondary N) is 2. The van der Waals surface area contributed by atoms with Crippen LogP contribution in [-0.2, 0) is 13.0 Å². The molecule has 1 aliphatic heterocycles. The molecule has 156 valence electrons. The molecule has 27 heavy (non-hydrogen) atoms. The number of aryl methyl sites for hydroxylation is 1. The monoisotopic (exact) mass is 519 g/mol. The maximum absolute atomic E-state index is 12.4. The number of aromatic nitrogens is 1. The van der Waals surface area contributed by atoms with Crippen LogP contribution in [0.15, 0.2) is 10.4 Å². The van der Waals surface area contributed by atoms with Gasteiger partial charge in [0.25, 0.3) is 0 Å². The van der Waals surface area contributed by atoms with Crippen molar-refractivity contribution in [2.75, 3.05) is 33.2 Å². The second-order valence-electron chi connectivity index (χ2n) is 6.56. The first kappa shape index (κ1) is 24.4. The Hall–Kier alpha value is -0.620. The third-order valence-corrected chi connectivity index (χ3v) is 5.56. The van der Waals surface area contributed by atoms with Gasteiger partial charge in [0.05, 0.1) is 23.8 Å². The minimum absolute atomic E-state index is 0. The predicted molar refractivity (Wildman–Crippen MR) is 115 cm³/mol. The van der Waals surface area contributed by atoms with E-state index in [1.54, 1.807) is 18.4 Å². The van der Waals surface area contributed by atoms with Gasteiger partial charge in [-0.25, -0.2) is 4.98 Å². The number of guanidine groups is 1. The van der Waals surface area contributed by atoms with Crippen LogP contribution in [0.25, 0.3) is 0 Å². The van der Waals surface area contributed by atoms with Crippen molar-refractivity contribution in [3.05, 3.63) is 16.1 Å². The standard InChI is InChI=1S/C17H28F3N5S.HI/c1-3-15-24-14(11-26-15)10-23-16(21-2)22-7-4-13-5-8-25(9-6-13)12-17(18,19)20;/h11,13H,3-10,12H2,1-2H3,(H2,21,22,23);1H. The van der Waals surface area contributed by atoms with Gasteiger partial charge in [0.1, 0.15) is 0 Å². The molecule has 0 bridgehead atoms. The number of rotatable bonds is 7. The number of nitrogens with zero attached hydrogens (tertiary/aromatic N) is 3. The smallest absolute Gasteiger partial charge is 0.356 e. The van der Waals surface area contributed by atoms with Crippen LogP contribution in [-0.4, -0.2) is 55.2 Å². The zero-order valence-electron chi connectivity index (χ0n) is 15.8. The molecule has 0 atom stereocenters. The third-order valence-electron chi connectivity index (χ3n) is 4.52. The maximum Gasteiger partial charge on any atom is 0.401 e. The van der Waals surface area contributed by atoms with Crippen molar-refractivity contribution < 1.29 is 13.2 Å². The summed E-state index contributed by atoms with van der Waals surface area (Å²) in [6, 6.07) is 0. The highest BCUT2D eigenvalue weighted by Crippen LogP contribution is 2.23. The number of likely N-dealkylation sites (tertiary alicyclic amines) is 1. The summed E-state index contributed by atoms with van der Waals surface area (Å²) in [4.78, 5) is 10.2. The van der Waals surface area contributed by atoms with E-state index >= 15 is 0 Å². The molecule has 0 radical (unpaired) electrons. The van der Waals surface area contributed by atoms with Gasteiger partial charge in [0.2, 0.25) is 0 Å². The first-order chi connectivity index (χ1) is 12.4. The lowest BCUT2D eigenvalue weighted by molar-refractivity contribution is -0.148. The Morgan fingerprint density at radius 3 is 2.59 bits per heavy atom. The van der Waals surface area contributed by atoms with Crippen LogP contribution < -0.4 is 10.6 Å². The van der Waals surface area contributed by atoms with E-state index in [2.05, 4.69) is 27.5 Å². The Morgan fingerprint density at radius 2 is 2.04 bits per heavy atom. The Bertz CT molecular complexity index is 571. The third kappa shape index (κ3) is 9.42. The minimum atomic E-state index is -4.10. The summed E-state index contributed by atoms with van der Waals surface area (Å²) in [5.41, 5.74) is 1.01. The summed E-state index contributed by atoms with van der Waals surface area (Å²) < 4.78 is 37.2. The van der Waals surface area contributed by atoms with Crippen molar-refractivity contribution in [2.45, 2.75) is 45.3 Å². The molecule has 1 saturated heterocycles. The predicted octanol–water partition coefficient (Wildman–Crippen LogP) is 3.65. The number of halogens is 4. The number of aliphatic imine (C=N–C) groups is 1. The Morgan fingerprint density at radius 1 is 1.33 bits per heavy atom. The largest absolute Gasteiger partial charge is 0.401 e. The van der Waals surface area contributed by atoms with Gasteiger partial charge >= 0.3 is 6.18 Å². The topological polar surface area (TPSA) is 52.6 Å². The van der Waals surface area contributed by atoms with Crippen LogP contribution in [0.5, 0.6) is 0 Å². The van der Waals surface area contributed by atoms with E-state index in [1.807, 2.05) is 5.38 Å². The Kier molecular flexibility index (Phi) is 10.9. The molecule has 0 saturated carbocycles. The van der Waals surface area contributed by atoms with Crippen LogP contribution in [0.4, 0.5) is 13.2 Å².